The molecule has 1 aliphatic rings. The molecule has 1 saturated carbocycles. The first kappa shape index (κ1) is 28.0. The fourth-order valence-corrected chi connectivity index (χ4v) is 4.07. The van der Waals surface area contributed by atoms with Gasteiger partial charge >= 0.3 is 0 Å². The van der Waals surface area contributed by atoms with E-state index in [-0.39, 0.29) is 23.9 Å². The van der Waals surface area contributed by atoms with Gasteiger partial charge in [0.2, 0.25) is 5.91 Å². The average molecular weight is 529 g/mol. The standard InChI is InChI=1S/C22H19FN2O3S.C4H10N2O2/c1-22(2,28-16-7-8-18(24-11-16)21(27)13-3-4-13)20-10-19(25-29-20)14-5-6-15(12-26)17(23)9-14;1-6-3(2-7)4(5)8/h5-13H,3-4H2,1-2H3;3,6-7H,2H2,1H3,(H2,5,8). The molecule has 196 valence electrons. The second-order valence-electron chi connectivity index (χ2n) is 8.99. The number of nitrogens with one attached hydrogen (secondary N) is 1. The molecular weight excluding hydrogens is 499 g/mol. The number of nitrogens with two attached hydrogens (primary N) is 1. The van der Waals surface area contributed by atoms with Crippen LogP contribution in [0, 0.1) is 11.7 Å². The van der Waals surface area contributed by atoms with Crippen molar-refractivity contribution >= 4 is 29.5 Å². The van der Waals surface area contributed by atoms with Crippen molar-refractivity contribution in [3.05, 3.63) is 64.5 Å². The van der Waals surface area contributed by atoms with E-state index in [0.29, 0.717) is 29.0 Å². The van der Waals surface area contributed by atoms with Crippen LogP contribution in [0.4, 0.5) is 4.39 Å². The predicted octanol–water partition coefficient (Wildman–Crippen LogP) is 3.12. The van der Waals surface area contributed by atoms with Gasteiger partial charge in [-0.25, -0.2) is 9.37 Å². The largest absolute Gasteiger partial charge is 0.481 e. The van der Waals surface area contributed by atoms with Crippen LogP contribution in [0.3, 0.4) is 0 Å². The number of ketones is 1. The highest BCUT2D eigenvalue weighted by molar-refractivity contribution is 7.06. The number of amides is 1. The van der Waals surface area contributed by atoms with Crippen LogP contribution in [-0.4, -0.2) is 52.1 Å². The molecule has 1 aliphatic carbocycles. The summed E-state index contributed by atoms with van der Waals surface area (Å²) in [4.78, 5) is 38.1. The molecule has 0 bridgehead atoms. The summed E-state index contributed by atoms with van der Waals surface area (Å²) < 4.78 is 24.4. The normalized spacial score (nSPS) is 13.8. The summed E-state index contributed by atoms with van der Waals surface area (Å²) in [5.41, 5.74) is 5.80. The Kier molecular flexibility index (Phi) is 9.19. The number of aliphatic hydroxyl groups is 1. The second kappa shape index (κ2) is 12.1. The topological polar surface area (TPSA) is 144 Å². The maximum atomic E-state index is 13.9. The number of benzene rings is 1. The minimum Gasteiger partial charge on any atom is -0.481 e. The highest BCUT2D eigenvalue weighted by Crippen LogP contribution is 2.35. The van der Waals surface area contributed by atoms with Crippen molar-refractivity contribution in [3.63, 3.8) is 0 Å². The zero-order valence-electron chi connectivity index (χ0n) is 20.7. The Balaban J connectivity index is 0.000000414. The first-order chi connectivity index (χ1) is 17.6. The van der Waals surface area contributed by atoms with Gasteiger partial charge in [0, 0.05) is 11.5 Å². The molecule has 3 aromatic rings. The van der Waals surface area contributed by atoms with Gasteiger partial charge in [0.25, 0.3) is 0 Å². The molecule has 9 nitrogen and oxygen atoms in total. The maximum absolute atomic E-state index is 13.9. The first-order valence-corrected chi connectivity index (χ1v) is 12.4. The average Bonchev–Trinajstić information content (AvgIpc) is 3.60. The third-order valence-electron chi connectivity index (χ3n) is 5.71. The highest BCUT2D eigenvalue weighted by atomic mass is 32.1. The van der Waals surface area contributed by atoms with Crippen LogP contribution >= 0.6 is 11.5 Å². The number of nitrogens with zero attached hydrogens (tertiary/aromatic N) is 2. The van der Waals surface area contributed by atoms with E-state index >= 15 is 0 Å². The molecule has 1 unspecified atom stereocenters. The van der Waals surface area contributed by atoms with Gasteiger partial charge in [-0.3, -0.25) is 14.4 Å². The molecule has 2 aromatic heterocycles. The van der Waals surface area contributed by atoms with Gasteiger partial charge in [0.15, 0.2) is 12.1 Å². The Labute approximate surface area is 218 Å². The molecule has 11 heteroatoms. The van der Waals surface area contributed by atoms with Gasteiger partial charge in [0.1, 0.15) is 28.9 Å². The van der Waals surface area contributed by atoms with Gasteiger partial charge in [-0.15, -0.1) is 0 Å². The van der Waals surface area contributed by atoms with Crippen molar-refractivity contribution in [3.8, 4) is 17.0 Å². The van der Waals surface area contributed by atoms with Crippen molar-refractivity contribution in [1.29, 1.82) is 0 Å². The number of hydrogen-bond acceptors (Lipinski definition) is 9. The molecule has 1 fully saturated rings. The van der Waals surface area contributed by atoms with E-state index < -0.39 is 23.4 Å². The number of aliphatic hydroxyl groups excluding tert-OH is 1. The Hall–Kier alpha value is -3.54. The van der Waals surface area contributed by atoms with Gasteiger partial charge in [-0.05, 0) is 75.6 Å². The molecule has 1 atom stereocenters. The van der Waals surface area contributed by atoms with E-state index in [1.807, 2.05) is 19.9 Å². The zero-order valence-corrected chi connectivity index (χ0v) is 21.5. The molecule has 4 rings (SSSR count). The smallest absolute Gasteiger partial charge is 0.236 e. The van der Waals surface area contributed by atoms with Crippen molar-refractivity contribution in [2.75, 3.05) is 13.7 Å². The van der Waals surface area contributed by atoms with Gasteiger partial charge in [0.05, 0.1) is 28.9 Å². The number of hydrogen-bond donors (Lipinski definition) is 3. The van der Waals surface area contributed by atoms with E-state index in [1.54, 1.807) is 31.4 Å². The fraction of sp³-hybridized carbons (Fsp3) is 0.346. The number of pyridine rings is 1. The Morgan fingerprint density at radius 2 is 2.03 bits per heavy atom. The number of rotatable bonds is 10. The fourth-order valence-electron chi connectivity index (χ4n) is 3.29. The number of likely N-dealkylation sites (N-methyl/N-ethyl adjacent to an activating group) is 1. The molecule has 0 radical (unpaired) electrons. The molecular formula is C26H29FN4O5S. The Bertz CT molecular complexity index is 1250. The monoisotopic (exact) mass is 528 g/mol. The third-order valence-corrected chi connectivity index (χ3v) is 6.81. The molecule has 1 aromatic carbocycles. The third kappa shape index (κ3) is 7.25. The van der Waals surface area contributed by atoms with Crippen LogP contribution in [0.2, 0.25) is 0 Å². The number of carbonyl (C=O) groups is 3. The number of ether oxygens (including phenoxy) is 1. The number of primary amides is 1. The summed E-state index contributed by atoms with van der Waals surface area (Å²) in [6, 6.07) is 9.10. The quantitative estimate of drug-likeness (QED) is 0.269. The number of aldehydes is 1. The van der Waals surface area contributed by atoms with Crippen LogP contribution < -0.4 is 15.8 Å². The van der Waals surface area contributed by atoms with E-state index in [2.05, 4.69) is 14.7 Å². The van der Waals surface area contributed by atoms with Crippen LogP contribution in [0.25, 0.3) is 11.3 Å². The Morgan fingerprint density at radius 3 is 2.51 bits per heavy atom. The van der Waals surface area contributed by atoms with Crippen LogP contribution in [-0.2, 0) is 10.4 Å². The number of Topliss-reactive ketones (excluding diaryl/α,β-unsaturated/α-hetero) is 1. The molecule has 0 spiro atoms. The molecule has 37 heavy (non-hydrogen) atoms. The lowest BCUT2D eigenvalue weighted by atomic mass is 10.0. The summed E-state index contributed by atoms with van der Waals surface area (Å²) in [7, 11) is 1.56. The molecule has 0 saturated heterocycles. The molecule has 2 heterocycles. The SMILES string of the molecule is CC(C)(Oc1ccc(C(=O)C2CC2)nc1)c1cc(-c2ccc(C=O)c(F)c2)ns1.CNC(CO)C(N)=O. The van der Waals surface area contributed by atoms with Crippen molar-refractivity contribution < 1.29 is 28.6 Å². The second-order valence-corrected chi connectivity index (χ2v) is 9.79. The molecule has 1 amide bonds. The van der Waals surface area contributed by atoms with Crippen LogP contribution in [0.15, 0.2) is 42.6 Å². The zero-order chi connectivity index (χ0) is 27.2. The van der Waals surface area contributed by atoms with Crippen molar-refractivity contribution in [2.24, 2.45) is 11.7 Å². The van der Waals surface area contributed by atoms with E-state index in [0.717, 1.165) is 17.7 Å². The number of carbonyl (C=O) groups excluding carboxylic acids is 3. The van der Waals surface area contributed by atoms with Gasteiger partial charge < -0.3 is 20.9 Å². The highest BCUT2D eigenvalue weighted by Gasteiger charge is 2.31. The minimum absolute atomic E-state index is 0.0176. The lowest BCUT2D eigenvalue weighted by Gasteiger charge is -2.24. The van der Waals surface area contributed by atoms with Crippen LogP contribution in [0.5, 0.6) is 5.75 Å². The Morgan fingerprint density at radius 1 is 1.30 bits per heavy atom. The first-order valence-electron chi connectivity index (χ1n) is 11.6. The summed E-state index contributed by atoms with van der Waals surface area (Å²) in [5.74, 6) is -0.328. The lowest BCUT2D eigenvalue weighted by molar-refractivity contribution is -0.120. The predicted molar refractivity (Wildman–Crippen MR) is 137 cm³/mol. The lowest BCUT2D eigenvalue weighted by Crippen LogP contribution is -2.41. The van der Waals surface area contributed by atoms with E-state index in [9.17, 15) is 18.8 Å². The van der Waals surface area contributed by atoms with Crippen molar-refractivity contribution in [2.45, 2.75) is 38.3 Å². The van der Waals surface area contributed by atoms with Crippen LogP contribution in [0.1, 0.15) is 52.4 Å². The molecule has 0 aliphatic heterocycles. The summed E-state index contributed by atoms with van der Waals surface area (Å²) in [6.45, 7) is 3.57. The summed E-state index contributed by atoms with van der Waals surface area (Å²) in [5, 5.41) is 10.9. The summed E-state index contributed by atoms with van der Waals surface area (Å²) >= 11 is 1.27. The number of halogens is 1. The van der Waals surface area contributed by atoms with Gasteiger partial charge in [-0.2, -0.15) is 4.37 Å². The van der Waals surface area contributed by atoms with Gasteiger partial charge in [-0.1, -0.05) is 6.07 Å². The van der Waals surface area contributed by atoms with E-state index in [1.165, 1.54) is 23.7 Å². The van der Waals surface area contributed by atoms with Crippen molar-refractivity contribution in [1.82, 2.24) is 14.7 Å². The number of aromatic nitrogens is 2. The van der Waals surface area contributed by atoms with E-state index in [4.69, 9.17) is 15.6 Å². The summed E-state index contributed by atoms with van der Waals surface area (Å²) in [6.07, 6.45) is 3.94. The minimum atomic E-state index is -0.694. The maximum Gasteiger partial charge on any atom is 0.236 e. The molecule has 4 N–H and O–H groups in total.